The van der Waals surface area contributed by atoms with Crippen molar-refractivity contribution < 1.29 is 0 Å². The highest BCUT2D eigenvalue weighted by molar-refractivity contribution is 5.62. The molecule has 0 fully saturated rings. The van der Waals surface area contributed by atoms with E-state index < -0.39 is 0 Å². The van der Waals surface area contributed by atoms with Crippen LogP contribution in [-0.4, -0.2) is 9.38 Å². The Balaban J connectivity index is 2.13. The summed E-state index contributed by atoms with van der Waals surface area (Å²) in [4.78, 5) is 4.48. The minimum Gasteiger partial charge on any atom is -0.300 e. The van der Waals surface area contributed by atoms with E-state index in [0.29, 0.717) is 0 Å². The second kappa shape index (κ2) is 4.06. The van der Waals surface area contributed by atoms with Gasteiger partial charge >= 0.3 is 0 Å². The van der Waals surface area contributed by atoms with Gasteiger partial charge in [0, 0.05) is 11.8 Å². The van der Waals surface area contributed by atoms with E-state index in [-0.39, 0.29) is 0 Å². The van der Waals surface area contributed by atoms with Crippen LogP contribution >= 0.6 is 0 Å². The van der Waals surface area contributed by atoms with Crippen molar-refractivity contribution in [2.75, 3.05) is 0 Å². The van der Waals surface area contributed by atoms with Crippen LogP contribution in [0.1, 0.15) is 12.5 Å². The van der Waals surface area contributed by atoms with Gasteiger partial charge in [0.1, 0.15) is 5.82 Å². The molecule has 0 saturated carbocycles. The molecule has 0 spiro atoms. The highest BCUT2D eigenvalue weighted by Gasteiger charge is 2.04. The van der Waals surface area contributed by atoms with Crippen LogP contribution in [0.4, 0.5) is 0 Å². The zero-order valence-corrected chi connectivity index (χ0v) is 9.80. The first kappa shape index (κ1) is 10.1. The number of nitrogens with zero attached hydrogens (tertiary/aromatic N) is 2. The van der Waals surface area contributed by atoms with Gasteiger partial charge in [0.2, 0.25) is 0 Å². The molecule has 0 aliphatic rings. The van der Waals surface area contributed by atoms with E-state index in [0.717, 1.165) is 23.3 Å². The van der Waals surface area contributed by atoms with Gasteiger partial charge in [0.05, 0.1) is 11.7 Å². The summed E-state index contributed by atoms with van der Waals surface area (Å²) in [6.07, 6.45) is 5.02. The molecule has 0 atom stereocenters. The van der Waals surface area contributed by atoms with Crippen molar-refractivity contribution in [1.29, 1.82) is 0 Å². The third-order valence-electron chi connectivity index (χ3n) is 3.06. The van der Waals surface area contributed by atoms with Crippen LogP contribution in [-0.2, 0) is 6.42 Å². The number of hydrogen-bond acceptors (Lipinski definition) is 1. The molecule has 84 valence electrons. The van der Waals surface area contributed by atoms with E-state index in [9.17, 15) is 0 Å². The lowest BCUT2D eigenvalue weighted by Crippen LogP contribution is -1.89. The van der Waals surface area contributed by atoms with Gasteiger partial charge in [-0.2, -0.15) is 0 Å². The van der Waals surface area contributed by atoms with Crippen molar-refractivity contribution >= 4 is 5.52 Å². The molecule has 0 amide bonds. The number of benzene rings is 1. The van der Waals surface area contributed by atoms with Gasteiger partial charge in [-0.05, 0) is 24.1 Å². The topological polar surface area (TPSA) is 17.3 Å². The number of pyridine rings is 1. The molecule has 0 bridgehead atoms. The van der Waals surface area contributed by atoms with E-state index in [1.807, 2.05) is 24.5 Å². The van der Waals surface area contributed by atoms with E-state index in [1.165, 1.54) is 5.56 Å². The van der Waals surface area contributed by atoms with E-state index in [2.05, 4.69) is 46.6 Å². The fourth-order valence-electron chi connectivity index (χ4n) is 2.05. The third kappa shape index (κ3) is 1.72. The quantitative estimate of drug-likeness (QED) is 0.648. The monoisotopic (exact) mass is 222 g/mol. The van der Waals surface area contributed by atoms with Crippen LogP contribution in [0.2, 0.25) is 0 Å². The number of rotatable bonds is 2. The number of fused-ring (bicyclic) bond motifs is 1. The Morgan fingerprint density at radius 2 is 1.88 bits per heavy atom. The second-order valence-electron chi connectivity index (χ2n) is 4.13. The summed E-state index contributed by atoms with van der Waals surface area (Å²) in [6.45, 7) is 2.17. The lowest BCUT2D eigenvalue weighted by Gasteiger charge is -2.02. The van der Waals surface area contributed by atoms with Gasteiger partial charge < -0.3 is 0 Å². The maximum atomic E-state index is 4.48. The van der Waals surface area contributed by atoms with Crippen LogP contribution in [0.15, 0.2) is 54.9 Å². The molecule has 0 aliphatic heterocycles. The molecule has 17 heavy (non-hydrogen) atoms. The fraction of sp³-hybridized carbons (Fsp3) is 0.133. The predicted molar refractivity (Wildman–Crippen MR) is 70.0 cm³/mol. The average molecular weight is 222 g/mol. The first-order valence-corrected chi connectivity index (χ1v) is 5.90. The Labute approximate surface area is 101 Å². The maximum Gasteiger partial charge on any atom is 0.144 e. The minimum absolute atomic E-state index is 1.00. The summed E-state index contributed by atoms with van der Waals surface area (Å²) in [6, 6.07) is 14.7. The summed E-state index contributed by atoms with van der Waals surface area (Å²) < 4.78 is 2.11. The molecule has 2 aromatic heterocycles. The normalized spacial score (nSPS) is 10.9. The Morgan fingerprint density at radius 3 is 2.65 bits per heavy atom. The smallest absolute Gasteiger partial charge is 0.144 e. The largest absolute Gasteiger partial charge is 0.300 e. The molecule has 1 aromatic carbocycles. The van der Waals surface area contributed by atoms with Crippen molar-refractivity contribution in [1.82, 2.24) is 9.38 Å². The molecule has 0 aliphatic carbocycles. The van der Waals surface area contributed by atoms with E-state index in [4.69, 9.17) is 0 Å². The Bertz CT molecular complexity index is 635. The van der Waals surface area contributed by atoms with Crippen LogP contribution in [0.25, 0.3) is 16.9 Å². The highest BCUT2D eigenvalue weighted by atomic mass is 15.0. The summed E-state index contributed by atoms with van der Waals surface area (Å²) in [5.41, 5.74) is 3.64. The van der Waals surface area contributed by atoms with Gasteiger partial charge in [-0.3, -0.25) is 4.40 Å². The molecule has 3 rings (SSSR count). The summed E-state index contributed by atoms with van der Waals surface area (Å²) >= 11 is 0. The van der Waals surface area contributed by atoms with Crippen molar-refractivity contribution in [2.45, 2.75) is 13.3 Å². The van der Waals surface area contributed by atoms with Crippen LogP contribution in [0.5, 0.6) is 0 Å². The number of aromatic nitrogens is 2. The van der Waals surface area contributed by atoms with Gasteiger partial charge in [-0.15, -0.1) is 0 Å². The second-order valence-corrected chi connectivity index (χ2v) is 4.13. The van der Waals surface area contributed by atoms with Crippen LogP contribution in [0, 0.1) is 0 Å². The summed E-state index contributed by atoms with van der Waals surface area (Å²) in [7, 11) is 0. The molecule has 0 saturated heterocycles. The average Bonchev–Trinajstić information content (AvgIpc) is 2.83. The number of aryl methyl sites for hydroxylation is 1. The van der Waals surface area contributed by atoms with Crippen molar-refractivity contribution in [2.24, 2.45) is 0 Å². The molecule has 2 heterocycles. The van der Waals surface area contributed by atoms with Crippen molar-refractivity contribution in [3.63, 3.8) is 0 Å². The van der Waals surface area contributed by atoms with Crippen molar-refractivity contribution in [3.05, 3.63) is 60.4 Å². The Kier molecular flexibility index (Phi) is 2.41. The predicted octanol–water partition coefficient (Wildman–Crippen LogP) is 3.56. The first-order valence-electron chi connectivity index (χ1n) is 5.90. The molecule has 2 nitrogen and oxygen atoms in total. The Hall–Kier alpha value is -2.09. The third-order valence-corrected chi connectivity index (χ3v) is 3.06. The molecular formula is C15H14N2. The van der Waals surface area contributed by atoms with Crippen molar-refractivity contribution in [3.8, 4) is 11.4 Å². The molecule has 2 heteroatoms. The molecule has 0 N–H and O–H groups in total. The number of hydrogen-bond donors (Lipinski definition) is 0. The lowest BCUT2D eigenvalue weighted by molar-refractivity contribution is 1.13. The van der Waals surface area contributed by atoms with Gasteiger partial charge in [0.25, 0.3) is 0 Å². The molecule has 3 aromatic rings. The van der Waals surface area contributed by atoms with Crippen LogP contribution in [0.3, 0.4) is 0 Å². The van der Waals surface area contributed by atoms with E-state index >= 15 is 0 Å². The van der Waals surface area contributed by atoms with Gasteiger partial charge in [0.15, 0.2) is 0 Å². The lowest BCUT2D eigenvalue weighted by atomic mass is 10.1. The zero-order chi connectivity index (χ0) is 11.7. The van der Waals surface area contributed by atoms with Gasteiger partial charge in [-0.1, -0.05) is 37.3 Å². The van der Waals surface area contributed by atoms with E-state index in [1.54, 1.807) is 0 Å². The molecular weight excluding hydrogens is 208 g/mol. The fourth-order valence-corrected chi connectivity index (χ4v) is 2.05. The SMILES string of the molecule is CCc1ccc(-c2ncc3ccccn23)cc1. The zero-order valence-electron chi connectivity index (χ0n) is 9.80. The summed E-state index contributed by atoms with van der Waals surface area (Å²) in [5.74, 6) is 1.00. The number of imidazole rings is 1. The highest BCUT2D eigenvalue weighted by Crippen LogP contribution is 2.20. The standard InChI is InChI=1S/C15H14N2/c1-2-12-6-8-13(9-7-12)15-16-11-14-5-3-4-10-17(14)15/h3-11H,2H2,1H3. The first-order chi connectivity index (χ1) is 8.38. The summed E-state index contributed by atoms with van der Waals surface area (Å²) in [5, 5.41) is 0. The molecule has 0 unspecified atom stereocenters. The Morgan fingerprint density at radius 1 is 1.06 bits per heavy atom. The maximum absolute atomic E-state index is 4.48. The van der Waals surface area contributed by atoms with Gasteiger partial charge in [-0.25, -0.2) is 4.98 Å². The van der Waals surface area contributed by atoms with Crippen LogP contribution < -0.4 is 0 Å². The molecule has 0 radical (unpaired) electrons. The minimum atomic E-state index is 1.00.